The van der Waals surface area contributed by atoms with E-state index in [1.54, 1.807) is 12.3 Å². The minimum atomic E-state index is -0.411. The van der Waals surface area contributed by atoms with Crippen LogP contribution in [0.1, 0.15) is 23.5 Å². The van der Waals surface area contributed by atoms with Crippen LogP contribution in [0.15, 0.2) is 89.5 Å². The molecule has 6 nitrogen and oxygen atoms in total. The number of carbonyl (C=O) groups excluding carboxylic acids is 1. The van der Waals surface area contributed by atoms with Crippen molar-refractivity contribution in [3.8, 4) is 11.3 Å². The number of thiocarbonyl (C=S) groups is 1. The van der Waals surface area contributed by atoms with Crippen molar-refractivity contribution in [3.63, 3.8) is 0 Å². The first-order valence-corrected chi connectivity index (χ1v) is 12.0. The van der Waals surface area contributed by atoms with Gasteiger partial charge in [-0.2, -0.15) is 0 Å². The number of para-hydroxylation sites is 1. The molecule has 0 radical (unpaired) electrons. The standard InChI is InChI=1S/C26H20Cl2N4O2S/c27-18-10-6-9-17(23(18)28)20-12-13-21(34-20)25-24(19-11-4-5-14-29-19)31-26(35)32(25)15-22(33)30-16-7-2-1-3-8-16/h1-14,24-25H,15H2,(H,30,33)(H,31,35)/t24-,25-/m0/s1. The van der Waals surface area contributed by atoms with Crippen LogP contribution in [0.25, 0.3) is 11.3 Å². The Labute approximate surface area is 217 Å². The smallest absolute Gasteiger partial charge is 0.244 e. The monoisotopic (exact) mass is 522 g/mol. The molecule has 9 heteroatoms. The lowest BCUT2D eigenvalue weighted by atomic mass is 10.0. The predicted octanol–water partition coefficient (Wildman–Crippen LogP) is 6.26. The molecule has 1 aliphatic rings. The molecule has 0 bridgehead atoms. The summed E-state index contributed by atoms with van der Waals surface area (Å²) in [4.78, 5) is 19.3. The van der Waals surface area contributed by atoms with Gasteiger partial charge in [0.1, 0.15) is 24.1 Å². The average molecular weight is 523 g/mol. The largest absolute Gasteiger partial charge is 0.459 e. The van der Waals surface area contributed by atoms with Gasteiger partial charge >= 0.3 is 0 Å². The van der Waals surface area contributed by atoms with Crippen LogP contribution in [-0.2, 0) is 4.79 Å². The first kappa shape index (κ1) is 23.4. The summed E-state index contributed by atoms with van der Waals surface area (Å²) in [6, 6.07) is 23.3. The fourth-order valence-electron chi connectivity index (χ4n) is 4.11. The SMILES string of the molecule is O=C(CN1C(=S)N[C@@H](c2ccccn2)[C@@H]1c1ccc(-c2cccc(Cl)c2Cl)o1)Nc1ccccc1. The van der Waals surface area contributed by atoms with Gasteiger partial charge in [0.2, 0.25) is 5.91 Å². The maximum atomic E-state index is 12.9. The molecule has 3 heterocycles. The molecule has 1 saturated heterocycles. The summed E-state index contributed by atoms with van der Waals surface area (Å²) in [6.07, 6.45) is 1.72. The van der Waals surface area contributed by atoms with E-state index < -0.39 is 6.04 Å². The predicted molar refractivity (Wildman–Crippen MR) is 141 cm³/mol. The normalized spacial score (nSPS) is 17.3. The fraction of sp³-hybridized carbons (Fsp3) is 0.115. The first-order chi connectivity index (χ1) is 17.0. The van der Waals surface area contributed by atoms with Gasteiger partial charge in [0.05, 0.1) is 21.8 Å². The van der Waals surface area contributed by atoms with Crippen molar-refractivity contribution in [1.29, 1.82) is 0 Å². The molecule has 2 aromatic heterocycles. The maximum absolute atomic E-state index is 12.9. The molecule has 1 amide bonds. The molecule has 2 atom stereocenters. The van der Waals surface area contributed by atoms with E-state index in [-0.39, 0.29) is 18.5 Å². The van der Waals surface area contributed by atoms with Crippen molar-refractivity contribution >= 4 is 52.1 Å². The minimum absolute atomic E-state index is 0.0304. The Kier molecular flexibility index (Phi) is 6.72. The summed E-state index contributed by atoms with van der Waals surface area (Å²) in [5, 5.41) is 7.52. The van der Waals surface area contributed by atoms with Crippen molar-refractivity contribution in [1.82, 2.24) is 15.2 Å². The number of nitrogens with one attached hydrogen (secondary N) is 2. The summed E-state index contributed by atoms with van der Waals surface area (Å²) >= 11 is 18.3. The number of hydrogen-bond donors (Lipinski definition) is 2. The number of rotatable bonds is 6. The van der Waals surface area contributed by atoms with E-state index >= 15 is 0 Å². The molecule has 5 rings (SSSR count). The van der Waals surface area contributed by atoms with E-state index in [4.69, 9.17) is 39.8 Å². The number of hydrogen-bond acceptors (Lipinski definition) is 4. The lowest BCUT2D eigenvalue weighted by molar-refractivity contribution is -0.116. The van der Waals surface area contributed by atoms with Crippen LogP contribution in [0.2, 0.25) is 10.0 Å². The second-order valence-corrected chi connectivity index (χ2v) is 9.14. The second-order valence-electron chi connectivity index (χ2n) is 7.97. The number of pyridine rings is 1. The summed E-state index contributed by atoms with van der Waals surface area (Å²) in [5.41, 5.74) is 2.18. The van der Waals surface area contributed by atoms with Crippen LogP contribution in [0.3, 0.4) is 0 Å². The van der Waals surface area contributed by atoms with Gasteiger partial charge in [-0.1, -0.05) is 53.5 Å². The van der Waals surface area contributed by atoms with Crippen molar-refractivity contribution in [3.05, 3.63) is 107 Å². The van der Waals surface area contributed by atoms with E-state index in [1.807, 2.05) is 77.7 Å². The quantitative estimate of drug-likeness (QED) is 0.291. The zero-order chi connectivity index (χ0) is 24.4. The highest BCUT2D eigenvalue weighted by atomic mass is 35.5. The highest BCUT2D eigenvalue weighted by Crippen LogP contribution is 2.41. The van der Waals surface area contributed by atoms with Crippen LogP contribution < -0.4 is 10.6 Å². The third-order valence-corrected chi connectivity index (χ3v) is 6.88. The van der Waals surface area contributed by atoms with E-state index in [0.29, 0.717) is 37.9 Å². The second kappa shape index (κ2) is 10.1. The van der Waals surface area contributed by atoms with Gasteiger partial charge in [0.15, 0.2) is 5.11 Å². The summed E-state index contributed by atoms with van der Waals surface area (Å²) in [6.45, 7) is 0.0304. The highest BCUT2D eigenvalue weighted by Gasteiger charge is 2.42. The summed E-state index contributed by atoms with van der Waals surface area (Å²) < 4.78 is 6.28. The molecular formula is C26H20Cl2N4O2S. The number of benzene rings is 2. The molecule has 2 N–H and O–H groups in total. The Bertz CT molecular complexity index is 1360. The Hall–Kier alpha value is -3.39. The molecule has 1 aliphatic heterocycles. The molecule has 0 saturated carbocycles. The van der Waals surface area contributed by atoms with E-state index in [9.17, 15) is 4.79 Å². The van der Waals surface area contributed by atoms with Crippen LogP contribution >= 0.6 is 35.4 Å². The molecule has 1 fully saturated rings. The number of aromatic nitrogens is 1. The van der Waals surface area contributed by atoms with Crippen LogP contribution in [-0.4, -0.2) is 27.4 Å². The lowest BCUT2D eigenvalue weighted by Gasteiger charge is -2.25. The number of nitrogens with zero attached hydrogens (tertiary/aromatic N) is 2. The number of furan rings is 1. The van der Waals surface area contributed by atoms with Gasteiger partial charge < -0.3 is 20.0 Å². The van der Waals surface area contributed by atoms with Gasteiger partial charge in [-0.25, -0.2) is 0 Å². The first-order valence-electron chi connectivity index (χ1n) is 10.9. The Morgan fingerprint density at radius 2 is 1.83 bits per heavy atom. The van der Waals surface area contributed by atoms with Gasteiger partial charge in [0, 0.05) is 17.4 Å². The van der Waals surface area contributed by atoms with E-state index in [1.165, 1.54) is 0 Å². The van der Waals surface area contributed by atoms with Crippen LogP contribution in [0.4, 0.5) is 5.69 Å². The minimum Gasteiger partial charge on any atom is -0.459 e. The average Bonchev–Trinajstić information content (AvgIpc) is 3.47. The lowest BCUT2D eigenvalue weighted by Crippen LogP contribution is -2.36. The van der Waals surface area contributed by atoms with E-state index in [2.05, 4.69) is 15.6 Å². The number of halogens is 2. The van der Waals surface area contributed by atoms with Crippen molar-refractivity contribution in [2.75, 3.05) is 11.9 Å². The van der Waals surface area contributed by atoms with Crippen molar-refractivity contribution in [2.24, 2.45) is 0 Å². The number of carbonyl (C=O) groups is 1. The molecule has 0 spiro atoms. The zero-order valence-corrected chi connectivity index (χ0v) is 20.6. The van der Waals surface area contributed by atoms with Crippen molar-refractivity contribution in [2.45, 2.75) is 12.1 Å². The highest BCUT2D eigenvalue weighted by molar-refractivity contribution is 7.80. The molecule has 35 heavy (non-hydrogen) atoms. The van der Waals surface area contributed by atoms with Crippen molar-refractivity contribution < 1.29 is 9.21 Å². The summed E-state index contributed by atoms with van der Waals surface area (Å²) in [5.74, 6) is 0.988. The maximum Gasteiger partial charge on any atom is 0.244 e. The zero-order valence-electron chi connectivity index (χ0n) is 18.3. The topological polar surface area (TPSA) is 70.4 Å². The van der Waals surface area contributed by atoms with Crippen LogP contribution in [0, 0.1) is 0 Å². The molecule has 0 aliphatic carbocycles. The molecule has 4 aromatic rings. The molecular weight excluding hydrogens is 503 g/mol. The molecule has 176 valence electrons. The third kappa shape index (κ3) is 4.89. The molecule has 0 unspecified atom stereocenters. The Balaban J connectivity index is 1.48. The van der Waals surface area contributed by atoms with Gasteiger partial charge in [-0.05, 0) is 60.7 Å². The third-order valence-electron chi connectivity index (χ3n) is 5.70. The summed E-state index contributed by atoms with van der Waals surface area (Å²) in [7, 11) is 0. The fourth-order valence-corrected chi connectivity index (χ4v) is 4.81. The number of amides is 1. The Morgan fingerprint density at radius 1 is 1.03 bits per heavy atom. The van der Waals surface area contributed by atoms with E-state index in [0.717, 1.165) is 5.69 Å². The van der Waals surface area contributed by atoms with Gasteiger partial charge in [0.25, 0.3) is 0 Å². The van der Waals surface area contributed by atoms with Gasteiger partial charge in [-0.3, -0.25) is 9.78 Å². The number of anilines is 1. The molecule has 2 aromatic carbocycles. The Morgan fingerprint density at radius 3 is 2.60 bits per heavy atom. The van der Waals surface area contributed by atoms with Crippen LogP contribution in [0.5, 0.6) is 0 Å². The van der Waals surface area contributed by atoms with Gasteiger partial charge in [-0.15, -0.1) is 0 Å².